The number of amides is 3. The number of methoxy groups -OCH3 is 1. The van der Waals surface area contributed by atoms with E-state index in [1.807, 2.05) is 0 Å². The summed E-state index contributed by atoms with van der Waals surface area (Å²) in [5.74, 6) is -2.94. The van der Waals surface area contributed by atoms with Crippen molar-refractivity contribution in [2.45, 2.75) is 6.18 Å². The fourth-order valence-corrected chi connectivity index (χ4v) is 4.05. The number of hydrogen-bond donors (Lipinski definition) is 2. The number of carbonyl (C=O) groups excluding carboxylic acids is 4. The lowest BCUT2D eigenvalue weighted by molar-refractivity contribution is -0.137. The second-order valence-electron chi connectivity index (χ2n) is 8.03. The molecule has 0 saturated heterocycles. The highest BCUT2D eigenvalue weighted by molar-refractivity contribution is 6.53. The standard InChI is InChI=1S/C26H16Cl2F3N3O5/c1-39-25(38)13-5-8-17(9-6-13)34-23(36)20(28)21(24(34)37)32-15-4-2-3-14(11-15)22(35)33-16-7-10-19(27)18(12-16)26(29,30)31/h2-12,32H,1H3,(H,33,35). The molecule has 0 radical (unpaired) electrons. The highest BCUT2D eigenvalue weighted by atomic mass is 35.5. The Balaban J connectivity index is 1.52. The second-order valence-corrected chi connectivity index (χ2v) is 8.81. The Hall–Kier alpha value is -4.35. The first-order chi connectivity index (χ1) is 18.4. The number of nitrogens with one attached hydrogen (secondary N) is 2. The van der Waals surface area contributed by atoms with Gasteiger partial charge in [0, 0.05) is 16.9 Å². The van der Waals surface area contributed by atoms with Gasteiger partial charge in [0.25, 0.3) is 17.7 Å². The lowest BCUT2D eigenvalue weighted by Gasteiger charge is -2.15. The van der Waals surface area contributed by atoms with Gasteiger partial charge in [-0.2, -0.15) is 13.2 Å². The molecule has 0 aliphatic carbocycles. The highest BCUT2D eigenvalue weighted by Gasteiger charge is 2.39. The number of nitrogens with zero attached hydrogens (tertiary/aromatic N) is 1. The van der Waals surface area contributed by atoms with E-state index in [-0.39, 0.29) is 33.9 Å². The average Bonchev–Trinajstić information content (AvgIpc) is 3.11. The van der Waals surface area contributed by atoms with Crippen LogP contribution in [0.3, 0.4) is 0 Å². The number of ether oxygens (including phenoxy) is 1. The predicted octanol–water partition coefficient (Wildman–Crippen LogP) is 5.83. The fraction of sp³-hybridized carbons (Fsp3) is 0.0769. The van der Waals surface area contributed by atoms with Gasteiger partial charge < -0.3 is 15.4 Å². The normalized spacial score (nSPS) is 13.5. The van der Waals surface area contributed by atoms with Gasteiger partial charge in [0.1, 0.15) is 10.7 Å². The second kappa shape index (κ2) is 10.8. The summed E-state index contributed by atoms with van der Waals surface area (Å²) in [5.41, 5.74) is -0.898. The number of carbonyl (C=O) groups is 4. The van der Waals surface area contributed by atoms with Crippen molar-refractivity contribution in [3.05, 3.63) is 99.2 Å². The van der Waals surface area contributed by atoms with E-state index in [9.17, 15) is 32.3 Å². The van der Waals surface area contributed by atoms with Crippen LogP contribution in [-0.2, 0) is 20.5 Å². The summed E-state index contributed by atoms with van der Waals surface area (Å²) in [6.45, 7) is 0. The molecule has 0 fully saturated rings. The fourth-order valence-electron chi connectivity index (χ4n) is 3.62. The van der Waals surface area contributed by atoms with Crippen LogP contribution in [0.2, 0.25) is 5.02 Å². The van der Waals surface area contributed by atoms with E-state index in [0.717, 1.165) is 11.0 Å². The zero-order valence-electron chi connectivity index (χ0n) is 19.7. The zero-order valence-corrected chi connectivity index (χ0v) is 21.2. The van der Waals surface area contributed by atoms with Gasteiger partial charge in [-0.25, -0.2) is 9.69 Å². The third kappa shape index (κ3) is 5.74. The summed E-state index contributed by atoms with van der Waals surface area (Å²) >= 11 is 11.8. The Morgan fingerprint density at radius 2 is 1.56 bits per heavy atom. The van der Waals surface area contributed by atoms with Crippen molar-refractivity contribution in [2.75, 3.05) is 22.6 Å². The Morgan fingerprint density at radius 3 is 2.21 bits per heavy atom. The summed E-state index contributed by atoms with van der Waals surface area (Å²) < 4.78 is 44.0. The maximum absolute atomic E-state index is 13.1. The molecule has 1 aliphatic rings. The van der Waals surface area contributed by atoms with Gasteiger partial charge in [-0.15, -0.1) is 0 Å². The molecule has 0 saturated carbocycles. The maximum atomic E-state index is 13.1. The number of esters is 1. The van der Waals surface area contributed by atoms with Crippen LogP contribution in [0.4, 0.5) is 30.2 Å². The maximum Gasteiger partial charge on any atom is 0.417 e. The van der Waals surface area contributed by atoms with Crippen LogP contribution < -0.4 is 15.5 Å². The smallest absolute Gasteiger partial charge is 0.417 e. The van der Waals surface area contributed by atoms with Crippen molar-refractivity contribution in [1.29, 1.82) is 0 Å². The monoisotopic (exact) mass is 577 g/mol. The predicted molar refractivity (Wildman–Crippen MR) is 138 cm³/mol. The first-order valence-electron chi connectivity index (χ1n) is 10.9. The molecule has 39 heavy (non-hydrogen) atoms. The van der Waals surface area contributed by atoms with Crippen LogP contribution in [0.15, 0.2) is 77.5 Å². The van der Waals surface area contributed by atoms with Gasteiger partial charge in [0.15, 0.2) is 0 Å². The van der Waals surface area contributed by atoms with E-state index in [4.69, 9.17) is 23.2 Å². The number of alkyl halides is 3. The Bertz CT molecular complexity index is 1540. The van der Waals surface area contributed by atoms with Crippen LogP contribution in [0.5, 0.6) is 0 Å². The molecule has 8 nitrogen and oxygen atoms in total. The molecule has 0 aromatic heterocycles. The molecule has 3 amide bonds. The summed E-state index contributed by atoms with van der Waals surface area (Å²) in [4.78, 5) is 50.9. The van der Waals surface area contributed by atoms with E-state index >= 15 is 0 Å². The van der Waals surface area contributed by atoms with Crippen molar-refractivity contribution in [3.8, 4) is 0 Å². The number of benzene rings is 3. The van der Waals surface area contributed by atoms with E-state index < -0.39 is 45.5 Å². The summed E-state index contributed by atoms with van der Waals surface area (Å²) in [6, 6.07) is 14.1. The molecular formula is C26H16Cl2F3N3O5. The van der Waals surface area contributed by atoms with E-state index in [1.54, 1.807) is 0 Å². The summed E-state index contributed by atoms with van der Waals surface area (Å²) in [6.07, 6.45) is -4.71. The molecule has 3 aromatic rings. The Kier molecular flexibility index (Phi) is 7.66. The van der Waals surface area contributed by atoms with Crippen molar-refractivity contribution in [2.24, 2.45) is 0 Å². The minimum Gasteiger partial charge on any atom is -0.465 e. The molecule has 1 heterocycles. The molecule has 200 valence electrons. The topological polar surface area (TPSA) is 105 Å². The third-order valence-corrected chi connectivity index (χ3v) is 6.18. The van der Waals surface area contributed by atoms with Crippen molar-refractivity contribution >= 4 is 64.0 Å². The van der Waals surface area contributed by atoms with Crippen LogP contribution in [0.25, 0.3) is 0 Å². The number of rotatable bonds is 6. The lowest BCUT2D eigenvalue weighted by Crippen LogP contribution is -2.32. The van der Waals surface area contributed by atoms with E-state index in [1.165, 1.54) is 61.7 Å². The van der Waals surface area contributed by atoms with Crippen LogP contribution in [-0.4, -0.2) is 30.8 Å². The van der Waals surface area contributed by atoms with Gasteiger partial charge >= 0.3 is 12.1 Å². The van der Waals surface area contributed by atoms with Gasteiger partial charge in [-0.1, -0.05) is 29.3 Å². The SMILES string of the molecule is COC(=O)c1ccc(N2C(=O)C(Cl)=C(Nc3cccc(C(=O)Nc4ccc(Cl)c(C(F)(F)F)c4)c3)C2=O)cc1. The molecule has 13 heteroatoms. The first-order valence-corrected chi connectivity index (χ1v) is 11.7. The van der Waals surface area contributed by atoms with Crippen LogP contribution in [0, 0.1) is 0 Å². The Morgan fingerprint density at radius 1 is 0.872 bits per heavy atom. The van der Waals surface area contributed by atoms with Gasteiger partial charge in [-0.3, -0.25) is 14.4 Å². The highest BCUT2D eigenvalue weighted by Crippen LogP contribution is 2.36. The van der Waals surface area contributed by atoms with Crippen molar-refractivity contribution in [3.63, 3.8) is 0 Å². The summed E-state index contributed by atoms with van der Waals surface area (Å²) in [7, 11) is 1.21. The molecule has 4 rings (SSSR count). The largest absolute Gasteiger partial charge is 0.465 e. The van der Waals surface area contributed by atoms with Crippen LogP contribution >= 0.6 is 23.2 Å². The van der Waals surface area contributed by atoms with Crippen LogP contribution in [0.1, 0.15) is 26.3 Å². The lowest BCUT2D eigenvalue weighted by atomic mass is 10.1. The average molecular weight is 578 g/mol. The van der Waals surface area contributed by atoms with Gasteiger partial charge in [-0.05, 0) is 60.7 Å². The molecule has 3 aromatic carbocycles. The molecular weight excluding hydrogens is 562 g/mol. The first kappa shape index (κ1) is 27.7. The van der Waals surface area contributed by atoms with Gasteiger partial charge in [0.05, 0.1) is 28.9 Å². The minimum atomic E-state index is -4.71. The van der Waals surface area contributed by atoms with E-state index in [0.29, 0.717) is 6.07 Å². The molecule has 0 atom stereocenters. The van der Waals surface area contributed by atoms with E-state index in [2.05, 4.69) is 15.4 Å². The quantitative estimate of drug-likeness (QED) is 0.282. The Labute approximate surface area is 228 Å². The van der Waals surface area contributed by atoms with Crippen molar-refractivity contribution in [1.82, 2.24) is 0 Å². The number of halogens is 5. The number of imide groups is 1. The molecule has 1 aliphatic heterocycles. The number of hydrogen-bond acceptors (Lipinski definition) is 6. The molecule has 0 spiro atoms. The third-order valence-electron chi connectivity index (χ3n) is 5.50. The molecule has 0 bridgehead atoms. The molecule has 0 unspecified atom stereocenters. The number of anilines is 3. The van der Waals surface area contributed by atoms with Gasteiger partial charge in [0.2, 0.25) is 0 Å². The summed E-state index contributed by atoms with van der Waals surface area (Å²) in [5, 5.41) is 4.16. The zero-order chi connectivity index (χ0) is 28.5. The minimum absolute atomic E-state index is 0.0345. The van der Waals surface area contributed by atoms with Crippen molar-refractivity contribution < 1.29 is 37.1 Å². The molecule has 2 N–H and O–H groups in total.